The first kappa shape index (κ1) is 21.5. The fraction of sp³-hybridized carbons (Fsp3) is 0.304. The lowest BCUT2D eigenvalue weighted by Gasteiger charge is -2.26. The Balaban J connectivity index is 2.10. The molecule has 3 rings (SSSR count). The van der Waals surface area contributed by atoms with E-state index in [0.717, 1.165) is 0 Å². The number of aliphatic hydroxyl groups is 1. The number of ketones is 1. The first-order valence-corrected chi connectivity index (χ1v) is 9.75. The maximum atomic E-state index is 13.3. The molecule has 0 saturated carbocycles. The fourth-order valence-corrected chi connectivity index (χ4v) is 3.44. The smallest absolute Gasteiger partial charge is 0.295 e. The molecule has 0 aromatic heterocycles. The van der Waals surface area contributed by atoms with Crippen molar-refractivity contribution >= 4 is 17.4 Å². The van der Waals surface area contributed by atoms with Crippen LogP contribution in [0.4, 0.5) is 4.39 Å². The normalized spacial score (nSPS) is 18.3. The largest absolute Gasteiger partial charge is 0.507 e. The van der Waals surface area contributed by atoms with Crippen LogP contribution in [-0.4, -0.2) is 60.4 Å². The van der Waals surface area contributed by atoms with Gasteiger partial charge >= 0.3 is 0 Å². The molecule has 6 nitrogen and oxygen atoms in total. The zero-order valence-corrected chi connectivity index (χ0v) is 17.3. The fourth-order valence-electron chi connectivity index (χ4n) is 3.44. The average Bonchev–Trinajstić information content (AvgIpc) is 2.98. The second-order valence-corrected chi connectivity index (χ2v) is 7.30. The van der Waals surface area contributed by atoms with Gasteiger partial charge < -0.3 is 19.6 Å². The molecule has 1 atom stereocenters. The summed E-state index contributed by atoms with van der Waals surface area (Å²) in [5.74, 6) is -1.53. The number of halogens is 1. The minimum Gasteiger partial charge on any atom is -0.507 e. The predicted octanol–water partition coefficient (Wildman–Crippen LogP) is 3.21. The van der Waals surface area contributed by atoms with Crippen LogP contribution in [0.25, 0.3) is 5.76 Å². The van der Waals surface area contributed by atoms with Crippen LogP contribution in [0.2, 0.25) is 0 Å². The zero-order chi connectivity index (χ0) is 21.8. The Hall–Kier alpha value is -3.19. The van der Waals surface area contributed by atoms with Crippen LogP contribution in [0.1, 0.15) is 24.1 Å². The standard InChI is InChI=1S/C23H25FN2O4/c1-4-30-18-11-7-15(8-12-18)20-19(21(27)16-5-9-17(24)10-6-16)22(28)23(29)26(20)14-13-25(2)3/h5-12,20,27H,4,13-14H2,1-3H3/b21-19-. The molecule has 0 aliphatic carbocycles. The van der Waals surface area contributed by atoms with E-state index in [2.05, 4.69) is 0 Å². The summed E-state index contributed by atoms with van der Waals surface area (Å²) in [5, 5.41) is 10.9. The number of likely N-dealkylation sites (tertiary alicyclic amines) is 1. The minimum absolute atomic E-state index is 0.00507. The summed E-state index contributed by atoms with van der Waals surface area (Å²) >= 11 is 0. The summed E-state index contributed by atoms with van der Waals surface area (Å²) in [4.78, 5) is 29.0. The van der Waals surface area contributed by atoms with Crippen molar-refractivity contribution in [2.24, 2.45) is 0 Å². The van der Waals surface area contributed by atoms with Crippen molar-refractivity contribution in [1.82, 2.24) is 9.80 Å². The Kier molecular flexibility index (Phi) is 6.52. The molecule has 0 bridgehead atoms. The number of carbonyl (C=O) groups excluding carboxylic acids is 2. The van der Waals surface area contributed by atoms with Crippen LogP contribution in [-0.2, 0) is 9.59 Å². The molecule has 1 unspecified atom stereocenters. The molecule has 30 heavy (non-hydrogen) atoms. The van der Waals surface area contributed by atoms with E-state index < -0.39 is 23.5 Å². The molecule has 2 aromatic rings. The van der Waals surface area contributed by atoms with Gasteiger partial charge in [0, 0.05) is 18.7 Å². The number of carbonyl (C=O) groups is 2. The third-order valence-corrected chi connectivity index (χ3v) is 4.95. The Morgan fingerprint density at radius 3 is 2.30 bits per heavy atom. The van der Waals surface area contributed by atoms with Crippen molar-refractivity contribution < 1.29 is 23.8 Å². The number of nitrogens with zero attached hydrogens (tertiary/aromatic N) is 2. The highest BCUT2D eigenvalue weighted by molar-refractivity contribution is 6.46. The molecule has 0 radical (unpaired) electrons. The molecule has 0 spiro atoms. The van der Waals surface area contributed by atoms with Crippen molar-refractivity contribution in [2.45, 2.75) is 13.0 Å². The third-order valence-electron chi connectivity index (χ3n) is 4.95. The molecule has 7 heteroatoms. The molecule has 1 fully saturated rings. The zero-order valence-electron chi connectivity index (χ0n) is 17.3. The van der Waals surface area contributed by atoms with Gasteiger partial charge in [0.1, 0.15) is 17.3 Å². The van der Waals surface area contributed by atoms with E-state index in [1.54, 1.807) is 24.3 Å². The second-order valence-electron chi connectivity index (χ2n) is 7.30. The van der Waals surface area contributed by atoms with Crippen LogP contribution < -0.4 is 4.74 Å². The third kappa shape index (κ3) is 4.36. The van der Waals surface area contributed by atoms with Crippen molar-refractivity contribution in [1.29, 1.82) is 0 Å². The first-order chi connectivity index (χ1) is 14.3. The Labute approximate surface area is 175 Å². The van der Waals surface area contributed by atoms with E-state index in [-0.39, 0.29) is 16.9 Å². The van der Waals surface area contributed by atoms with Gasteiger partial charge in [0.25, 0.3) is 11.7 Å². The van der Waals surface area contributed by atoms with Crippen LogP contribution in [0.3, 0.4) is 0 Å². The number of hydrogen-bond acceptors (Lipinski definition) is 5. The van der Waals surface area contributed by atoms with Crippen LogP contribution in [0.5, 0.6) is 5.75 Å². The van der Waals surface area contributed by atoms with E-state index in [9.17, 15) is 19.1 Å². The lowest BCUT2D eigenvalue weighted by molar-refractivity contribution is -0.140. The summed E-state index contributed by atoms with van der Waals surface area (Å²) in [6, 6.07) is 11.5. The van der Waals surface area contributed by atoms with E-state index >= 15 is 0 Å². The van der Waals surface area contributed by atoms with Crippen molar-refractivity contribution in [2.75, 3.05) is 33.8 Å². The Morgan fingerprint density at radius 2 is 1.73 bits per heavy atom. The quantitative estimate of drug-likeness (QED) is 0.430. The van der Waals surface area contributed by atoms with Gasteiger partial charge in [-0.2, -0.15) is 0 Å². The SMILES string of the molecule is CCOc1ccc(C2/C(=C(/O)c3ccc(F)cc3)C(=O)C(=O)N2CCN(C)C)cc1. The highest BCUT2D eigenvalue weighted by Gasteiger charge is 2.45. The summed E-state index contributed by atoms with van der Waals surface area (Å²) in [7, 11) is 3.75. The van der Waals surface area contributed by atoms with Crippen molar-refractivity contribution in [3.8, 4) is 5.75 Å². The van der Waals surface area contributed by atoms with E-state index in [4.69, 9.17) is 4.74 Å². The van der Waals surface area contributed by atoms with Gasteiger partial charge in [-0.15, -0.1) is 0 Å². The average molecular weight is 412 g/mol. The van der Waals surface area contributed by atoms with Gasteiger partial charge in [-0.25, -0.2) is 4.39 Å². The molecule has 1 aliphatic heterocycles. The second kappa shape index (κ2) is 9.09. The Morgan fingerprint density at radius 1 is 1.10 bits per heavy atom. The molecular weight excluding hydrogens is 387 g/mol. The molecule has 1 saturated heterocycles. The molecular formula is C23H25FN2O4. The Bertz CT molecular complexity index is 952. The number of rotatable bonds is 7. The van der Waals surface area contributed by atoms with Gasteiger partial charge in [-0.3, -0.25) is 9.59 Å². The molecule has 2 aromatic carbocycles. The monoisotopic (exact) mass is 412 g/mol. The highest BCUT2D eigenvalue weighted by Crippen LogP contribution is 2.39. The topological polar surface area (TPSA) is 70.1 Å². The predicted molar refractivity (Wildman–Crippen MR) is 112 cm³/mol. The van der Waals surface area contributed by atoms with E-state index in [1.165, 1.54) is 29.2 Å². The van der Waals surface area contributed by atoms with Gasteiger partial charge in [0.05, 0.1) is 18.2 Å². The van der Waals surface area contributed by atoms with E-state index in [1.807, 2.05) is 25.9 Å². The maximum Gasteiger partial charge on any atom is 0.295 e. The number of aliphatic hydroxyl groups excluding tert-OH is 1. The number of ether oxygens (including phenoxy) is 1. The van der Waals surface area contributed by atoms with Gasteiger partial charge in [0.2, 0.25) is 0 Å². The maximum absolute atomic E-state index is 13.3. The summed E-state index contributed by atoms with van der Waals surface area (Å²) in [6.45, 7) is 3.27. The number of Topliss-reactive ketones (excluding diaryl/α,β-unsaturated/α-hetero) is 1. The molecule has 1 aliphatic rings. The van der Waals surface area contributed by atoms with Crippen LogP contribution in [0.15, 0.2) is 54.1 Å². The lowest BCUT2D eigenvalue weighted by Crippen LogP contribution is -2.35. The van der Waals surface area contributed by atoms with Crippen LogP contribution >= 0.6 is 0 Å². The highest BCUT2D eigenvalue weighted by atomic mass is 19.1. The van der Waals surface area contributed by atoms with Crippen molar-refractivity contribution in [3.05, 3.63) is 71.0 Å². The summed E-state index contributed by atoms with van der Waals surface area (Å²) in [6.07, 6.45) is 0. The van der Waals surface area contributed by atoms with Crippen molar-refractivity contribution in [3.63, 3.8) is 0 Å². The first-order valence-electron chi connectivity index (χ1n) is 9.75. The number of likely N-dealkylation sites (N-methyl/N-ethyl adjacent to an activating group) is 1. The molecule has 1 heterocycles. The lowest BCUT2D eigenvalue weighted by atomic mass is 9.95. The number of benzene rings is 2. The van der Waals surface area contributed by atoms with Gasteiger partial charge in [-0.1, -0.05) is 12.1 Å². The van der Waals surface area contributed by atoms with Gasteiger partial charge in [0.15, 0.2) is 0 Å². The number of hydrogen-bond donors (Lipinski definition) is 1. The summed E-state index contributed by atoms with van der Waals surface area (Å²) in [5.41, 5.74) is 0.951. The minimum atomic E-state index is -0.755. The molecule has 1 N–H and O–H groups in total. The number of amides is 1. The summed E-state index contributed by atoms with van der Waals surface area (Å²) < 4.78 is 18.8. The van der Waals surface area contributed by atoms with E-state index in [0.29, 0.717) is 31.0 Å². The van der Waals surface area contributed by atoms with Gasteiger partial charge in [-0.05, 0) is 63.0 Å². The molecule has 158 valence electrons. The van der Waals surface area contributed by atoms with Crippen LogP contribution in [0, 0.1) is 5.82 Å². The molecule has 1 amide bonds.